The maximum Gasteiger partial charge on any atom is 0.160 e. The lowest BCUT2D eigenvalue weighted by atomic mass is 9.89. The van der Waals surface area contributed by atoms with Gasteiger partial charge in [-0.25, -0.2) is 9.97 Å². The molecule has 3 nitrogen and oxygen atoms in total. The van der Waals surface area contributed by atoms with Crippen LogP contribution in [0.2, 0.25) is 0 Å². The highest BCUT2D eigenvalue weighted by Crippen LogP contribution is 2.46. The molecule has 0 spiro atoms. The Bertz CT molecular complexity index is 2810. The Hall–Kier alpha value is -6.06. The molecule has 10 aromatic rings. The highest BCUT2D eigenvalue weighted by atomic mass is 16.3. The predicted octanol–water partition coefficient (Wildman–Crippen LogP) is 11.5. The van der Waals surface area contributed by atoms with Gasteiger partial charge in [0.15, 0.2) is 5.82 Å². The number of hydrogen-bond donors (Lipinski definition) is 0. The van der Waals surface area contributed by atoms with Crippen LogP contribution >= 0.6 is 0 Å². The first kappa shape index (κ1) is 24.4. The maximum atomic E-state index is 6.77. The fraction of sp³-hybridized carbons (Fsp3) is 0. The monoisotopic (exact) mass is 572 g/mol. The molecule has 0 unspecified atom stereocenters. The van der Waals surface area contributed by atoms with Crippen molar-refractivity contribution in [2.45, 2.75) is 0 Å². The Morgan fingerprint density at radius 3 is 2.07 bits per heavy atom. The van der Waals surface area contributed by atoms with Crippen molar-refractivity contribution in [1.82, 2.24) is 9.97 Å². The second kappa shape index (κ2) is 9.22. The zero-order valence-corrected chi connectivity index (χ0v) is 24.2. The van der Waals surface area contributed by atoms with Gasteiger partial charge in [0, 0.05) is 33.3 Å². The molecule has 0 radical (unpaired) electrons. The maximum absolute atomic E-state index is 6.77. The number of fused-ring (bicyclic) bond motifs is 13. The van der Waals surface area contributed by atoms with E-state index in [1.54, 1.807) is 0 Å². The van der Waals surface area contributed by atoms with Crippen molar-refractivity contribution < 1.29 is 4.42 Å². The van der Waals surface area contributed by atoms with Gasteiger partial charge in [0.2, 0.25) is 0 Å². The minimum Gasteiger partial charge on any atom is -0.455 e. The van der Waals surface area contributed by atoms with Crippen LogP contribution in [0.15, 0.2) is 150 Å². The van der Waals surface area contributed by atoms with Crippen LogP contribution in [0.25, 0.3) is 98.4 Å². The van der Waals surface area contributed by atoms with E-state index in [9.17, 15) is 0 Å². The van der Waals surface area contributed by atoms with Gasteiger partial charge < -0.3 is 4.42 Å². The van der Waals surface area contributed by atoms with Gasteiger partial charge in [0.05, 0.1) is 5.52 Å². The van der Waals surface area contributed by atoms with E-state index >= 15 is 0 Å². The minimum absolute atomic E-state index is 0.693. The molecule has 0 saturated carbocycles. The van der Waals surface area contributed by atoms with Crippen molar-refractivity contribution in [1.29, 1.82) is 0 Å². The van der Waals surface area contributed by atoms with Gasteiger partial charge in [0.25, 0.3) is 0 Å². The average Bonchev–Trinajstić information content (AvgIpc) is 3.51. The molecular weight excluding hydrogens is 548 g/mol. The molecule has 0 saturated heterocycles. The number of benzene rings is 8. The lowest BCUT2D eigenvalue weighted by molar-refractivity contribution is 0.673. The zero-order chi connectivity index (χ0) is 29.5. The van der Waals surface area contributed by atoms with E-state index in [4.69, 9.17) is 14.4 Å². The third-order valence-corrected chi connectivity index (χ3v) is 9.28. The van der Waals surface area contributed by atoms with Crippen LogP contribution in [-0.2, 0) is 0 Å². The van der Waals surface area contributed by atoms with Crippen molar-refractivity contribution in [3.05, 3.63) is 146 Å². The summed E-state index contributed by atoms with van der Waals surface area (Å²) in [5.74, 6) is 0.693. The molecule has 208 valence electrons. The molecule has 8 aromatic carbocycles. The van der Waals surface area contributed by atoms with E-state index in [0.717, 1.165) is 54.6 Å². The number of hydrogen-bond acceptors (Lipinski definition) is 3. The summed E-state index contributed by atoms with van der Waals surface area (Å²) in [5, 5.41) is 12.5. The first-order valence-corrected chi connectivity index (χ1v) is 15.2. The SMILES string of the molecule is c1ccc(-c2ccc3c(c2)c2ccccc2c2c3cc(-c3ncc4c(ccc5ccccc54)n3)c3c4ccccc4oc32)cc1. The van der Waals surface area contributed by atoms with Crippen molar-refractivity contribution >= 4 is 75.9 Å². The predicted molar refractivity (Wildman–Crippen MR) is 188 cm³/mol. The van der Waals surface area contributed by atoms with E-state index in [0.29, 0.717) is 5.82 Å². The van der Waals surface area contributed by atoms with E-state index in [2.05, 4.69) is 127 Å². The van der Waals surface area contributed by atoms with Gasteiger partial charge in [-0.1, -0.05) is 115 Å². The molecule has 0 fully saturated rings. The Kier molecular flexibility index (Phi) is 5.00. The first-order chi connectivity index (χ1) is 22.3. The normalized spacial score (nSPS) is 12.0. The number of rotatable bonds is 2. The summed E-state index contributed by atoms with van der Waals surface area (Å²) in [6.07, 6.45) is 1.98. The molecule has 3 heteroatoms. The molecule has 0 atom stereocenters. The van der Waals surface area contributed by atoms with Gasteiger partial charge >= 0.3 is 0 Å². The highest BCUT2D eigenvalue weighted by Gasteiger charge is 2.22. The zero-order valence-electron chi connectivity index (χ0n) is 24.2. The number of nitrogens with zero attached hydrogens (tertiary/aromatic N) is 2. The topological polar surface area (TPSA) is 38.9 Å². The molecule has 45 heavy (non-hydrogen) atoms. The number of para-hydroxylation sites is 1. The lowest BCUT2D eigenvalue weighted by Crippen LogP contribution is -1.93. The van der Waals surface area contributed by atoms with Crippen LogP contribution in [0.1, 0.15) is 0 Å². The lowest BCUT2D eigenvalue weighted by Gasteiger charge is -2.14. The van der Waals surface area contributed by atoms with Crippen LogP contribution in [0, 0.1) is 0 Å². The minimum atomic E-state index is 0.693. The molecular formula is C42H24N2O. The van der Waals surface area contributed by atoms with Crippen molar-refractivity contribution in [2.24, 2.45) is 0 Å². The summed E-state index contributed by atoms with van der Waals surface area (Å²) in [6.45, 7) is 0. The van der Waals surface area contributed by atoms with Gasteiger partial charge in [-0.2, -0.15) is 0 Å². The largest absolute Gasteiger partial charge is 0.455 e. The standard InChI is InChI=1S/C42H24N2O/c1-2-10-25(11-3-1)27-18-20-30-33(22-27)29-14-6-7-15-31(29)39-34(30)23-35(40-32-16-8-9-17-38(32)45-41(39)40)42-43-24-36-28-13-5-4-12-26(28)19-21-37(36)44-42/h1-24H. The van der Waals surface area contributed by atoms with Gasteiger partial charge in [-0.05, 0) is 73.1 Å². The Balaban J connectivity index is 1.36. The van der Waals surface area contributed by atoms with Crippen LogP contribution in [0.3, 0.4) is 0 Å². The molecule has 0 N–H and O–H groups in total. The van der Waals surface area contributed by atoms with Crippen molar-refractivity contribution in [2.75, 3.05) is 0 Å². The first-order valence-electron chi connectivity index (χ1n) is 15.2. The van der Waals surface area contributed by atoms with E-state index in [-0.39, 0.29) is 0 Å². The molecule has 0 aliphatic rings. The van der Waals surface area contributed by atoms with Gasteiger partial charge in [0.1, 0.15) is 11.2 Å². The van der Waals surface area contributed by atoms with E-state index in [1.165, 1.54) is 38.1 Å². The summed E-state index contributed by atoms with van der Waals surface area (Å²) < 4.78 is 6.77. The Labute approximate surface area is 258 Å². The fourth-order valence-electron chi connectivity index (χ4n) is 7.22. The smallest absolute Gasteiger partial charge is 0.160 e. The van der Waals surface area contributed by atoms with Crippen LogP contribution in [0.4, 0.5) is 0 Å². The molecule has 2 aromatic heterocycles. The summed E-state index contributed by atoms with van der Waals surface area (Å²) in [7, 11) is 0. The molecule has 0 aliphatic heterocycles. The van der Waals surface area contributed by atoms with Crippen LogP contribution < -0.4 is 0 Å². The molecule has 10 rings (SSSR count). The second-order valence-corrected chi connectivity index (χ2v) is 11.7. The molecule has 0 bridgehead atoms. The van der Waals surface area contributed by atoms with Crippen LogP contribution in [-0.4, -0.2) is 9.97 Å². The third kappa shape index (κ3) is 3.52. The van der Waals surface area contributed by atoms with Gasteiger partial charge in [-0.15, -0.1) is 0 Å². The van der Waals surface area contributed by atoms with Crippen LogP contribution in [0.5, 0.6) is 0 Å². The molecule has 0 amide bonds. The molecule has 0 aliphatic carbocycles. The summed E-state index contributed by atoms with van der Waals surface area (Å²) in [5.41, 5.74) is 6.03. The molecule has 2 heterocycles. The quantitative estimate of drug-likeness (QED) is 0.193. The number of aromatic nitrogens is 2. The summed E-state index contributed by atoms with van der Waals surface area (Å²) in [4.78, 5) is 10.2. The van der Waals surface area contributed by atoms with E-state index < -0.39 is 0 Å². The van der Waals surface area contributed by atoms with Crippen molar-refractivity contribution in [3.8, 4) is 22.5 Å². The Morgan fingerprint density at radius 2 is 1.18 bits per heavy atom. The third-order valence-electron chi connectivity index (χ3n) is 9.28. The Morgan fingerprint density at radius 1 is 0.444 bits per heavy atom. The summed E-state index contributed by atoms with van der Waals surface area (Å²) in [6, 6.07) is 49.3. The number of furan rings is 1. The summed E-state index contributed by atoms with van der Waals surface area (Å²) >= 11 is 0. The highest BCUT2D eigenvalue weighted by molar-refractivity contribution is 6.34. The van der Waals surface area contributed by atoms with E-state index in [1.807, 2.05) is 18.3 Å². The van der Waals surface area contributed by atoms with Gasteiger partial charge in [-0.3, -0.25) is 0 Å². The fourth-order valence-corrected chi connectivity index (χ4v) is 7.22. The van der Waals surface area contributed by atoms with Crippen molar-refractivity contribution in [3.63, 3.8) is 0 Å². The second-order valence-electron chi connectivity index (χ2n) is 11.7. The average molecular weight is 573 g/mol.